The molecule has 1 aliphatic rings. The minimum Gasteiger partial charge on any atom is -0.468 e. The first-order chi connectivity index (χ1) is 14.0. The fraction of sp³-hybridized carbons (Fsp3) is 0.409. The molecule has 1 aromatic carbocycles. The number of aliphatic hydroxyl groups excluding tert-OH is 1. The Kier molecular flexibility index (Phi) is 5.60. The third-order valence-electron chi connectivity index (χ3n) is 5.14. The van der Waals surface area contributed by atoms with Gasteiger partial charge in [0.15, 0.2) is 11.5 Å². The van der Waals surface area contributed by atoms with Crippen LogP contribution in [0.3, 0.4) is 0 Å². The van der Waals surface area contributed by atoms with Crippen molar-refractivity contribution in [3.63, 3.8) is 0 Å². The SMILES string of the molecule is Cc1cc(C)n(C[C@H](O)CN(Cc2ccco2)Cc2cc3c(cc2C)OCO3)n1. The molecule has 1 N–H and O–H groups in total. The average molecular weight is 397 g/mol. The lowest BCUT2D eigenvalue weighted by molar-refractivity contribution is 0.0838. The van der Waals surface area contributed by atoms with Crippen LogP contribution in [0.1, 0.15) is 28.3 Å². The largest absolute Gasteiger partial charge is 0.468 e. The maximum Gasteiger partial charge on any atom is 0.231 e. The molecule has 0 radical (unpaired) electrons. The van der Waals surface area contributed by atoms with Gasteiger partial charge in [-0.2, -0.15) is 5.10 Å². The second-order valence-electron chi connectivity index (χ2n) is 7.64. The number of furan rings is 1. The van der Waals surface area contributed by atoms with E-state index >= 15 is 0 Å². The monoisotopic (exact) mass is 397 g/mol. The second-order valence-corrected chi connectivity index (χ2v) is 7.64. The van der Waals surface area contributed by atoms with Crippen molar-refractivity contribution in [3.8, 4) is 11.5 Å². The fourth-order valence-corrected chi connectivity index (χ4v) is 3.72. The van der Waals surface area contributed by atoms with Crippen LogP contribution in [-0.4, -0.2) is 39.2 Å². The van der Waals surface area contributed by atoms with Gasteiger partial charge in [-0.3, -0.25) is 9.58 Å². The maximum atomic E-state index is 10.8. The molecule has 0 amide bonds. The quantitative estimate of drug-likeness (QED) is 0.629. The average Bonchev–Trinajstić information content (AvgIpc) is 3.38. The van der Waals surface area contributed by atoms with Gasteiger partial charge in [-0.25, -0.2) is 0 Å². The highest BCUT2D eigenvalue weighted by atomic mass is 16.7. The summed E-state index contributed by atoms with van der Waals surface area (Å²) in [6.07, 6.45) is 1.11. The smallest absolute Gasteiger partial charge is 0.231 e. The maximum absolute atomic E-state index is 10.8. The summed E-state index contributed by atoms with van der Waals surface area (Å²) in [5.74, 6) is 2.42. The molecule has 154 valence electrons. The van der Waals surface area contributed by atoms with E-state index in [9.17, 15) is 5.11 Å². The molecule has 0 spiro atoms. The van der Waals surface area contributed by atoms with E-state index in [1.165, 1.54) is 0 Å². The molecule has 0 aliphatic carbocycles. The summed E-state index contributed by atoms with van der Waals surface area (Å²) in [5, 5.41) is 15.2. The summed E-state index contributed by atoms with van der Waals surface area (Å²) in [6.45, 7) is 8.50. The Bertz CT molecular complexity index is 965. The van der Waals surface area contributed by atoms with Gasteiger partial charge in [-0.05, 0) is 62.2 Å². The number of nitrogens with zero attached hydrogens (tertiary/aromatic N) is 3. The Labute approximate surface area is 170 Å². The van der Waals surface area contributed by atoms with Crippen LogP contribution in [-0.2, 0) is 19.6 Å². The summed E-state index contributed by atoms with van der Waals surface area (Å²) in [4.78, 5) is 2.18. The molecule has 7 nitrogen and oxygen atoms in total. The molecular formula is C22H27N3O4. The zero-order chi connectivity index (χ0) is 20.4. The molecule has 2 aromatic heterocycles. The molecule has 0 unspecified atom stereocenters. The molecule has 0 saturated heterocycles. The number of ether oxygens (including phenoxy) is 2. The van der Waals surface area contributed by atoms with Gasteiger partial charge in [0.1, 0.15) is 5.76 Å². The van der Waals surface area contributed by atoms with E-state index in [1.54, 1.807) is 6.26 Å². The Balaban J connectivity index is 1.49. The zero-order valence-electron chi connectivity index (χ0n) is 17.1. The lowest BCUT2D eigenvalue weighted by Crippen LogP contribution is -2.34. The van der Waals surface area contributed by atoms with Gasteiger partial charge in [0.25, 0.3) is 0 Å². The van der Waals surface area contributed by atoms with Gasteiger partial charge in [-0.1, -0.05) is 0 Å². The van der Waals surface area contributed by atoms with E-state index in [2.05, 4.69) is 16.9 Å². The van der Waals surface area contributed by atoms with Gasteiger partial charge < -0.3 is 19.0 Å². The molecule has 3 heterocycles. The summed E-state index contributed by atoms with van der Waals surface area (Å²) in [6, 6.07) is 9.89. The molecule has 29 heavy (non-hydrogen) atoms. The minimum atomic E-state index is -0.558. The first-order valence-corrected chi connectivity index (χ1v) is 9.81. The third kappa shape index (κ3) is 4.63. The highest BCUT2D eigenvalue weighted by molar-refractivity contribution is 5.48. The molecule has 0 saturated carbocycles. The second kappa shape index (κ2) is 8.31. The Morgan fingerprint density at radius 1 is 1.14 bits per heavy atom. The van der Waals surface area contributed by atoms with Crippen molar-refractivity contribution in [1.29, 1.82) is 0 Å². The van der Waals surface area contributed by atoms with E-state index in [0.29, 0.717) is 26.2 Å². The van der Waals surface area contributed by atoms with Gasteiger partial charge in [0.2, 0.25) is 6.79 Å². The van der Waals surface area contributed by atoms with E-state index in [1.807, 2.05) is 48.9 Å². The van der Waals surface area contributed by atoms with Crippen LogP contribution < -0.4 is 9.47 Å². The summed E-state index contributed by atoms with van der Waals surface area (Å²) in [7, 11) is 0. The number of aliphatic hydroxyl groups is 1. The number of hydrogen-bond acceptors (Lipinski definition) is 6. The summed E-state index contributed by atoms with van der Waals surface area (Å²) < 4.78 is 18.4. The van der Waals surface area contributed by atoms with Crippen molar-refractivity contribution in [1.82, 2.24) is 14.7 Å². The van der Waals surface area contributed by atoms with Crippen molar-refractivity contribution in [2.75, 3.05) is 13.3 Å². The van der Waals surface area contributed by atoms with Crippen molar-refractivity contribution >= 4 is 0 Å². The summed E-state index contributed by atoms with van der Waals surface area (Å²) >= 11 is 0. The van der Waals surface area contributed by atoms with E-state index in [4.69, 9.17) is 13.9 Å². The van der Waals surface area contributed by atoms with Crippen LogP contribution in [0.25, 0.3) is 0 Å². The first-order valence-electron chi connectivity index (χ1n) is 9.81. The van der Waals surface area contributed by atoms with E-state index in [-0.39, 0.29) is 6.79 Å². The number of aryl methyl sites for hydroxylation is 3. The predicted molar refractivity (Wildman–Crippen MR) is 108 cm³/mol. The molecule has 3 aromatic rings. The number of aromatic nitrogens is 2. The third-order valence-corrected chi connectivity index (χ3v) is 5.14. The van der Waals surface area contributed by atoms with Crippen LogP contribution in [0.5, 0.6) is 11.5 Å². The van der Waals surface area contributed by atoms with E-state index < -0.39 is 6.10 Å². The van der Waals surface area contributed by atoms with Crippen molar-refractivity contribution < 1.29 is 19.0 Å². The molecule has 0 fully saturated rings. The zero-order valence-corrected chi connectivity index (χ0v) is 17.1. The Hall–Kier alpha value is -2.77. The van der Waals surface area contributed by atoms with Gasteiger partial charge in [0.05, 0.1) is 31.2 Å². The highest BCUT2D eigenvalue weighted by Gasteiger charge is 2.20. The van der Waals surface area contributed by atoms with Crippen LogP contribution in [0.15, 0.2) is 41.0 Å². The molecule has 4 rings (SSSR count). The van der Waals surface area contributed by atoms with E-state index in [0.717, 1.165) is 39.8 Å². The van der Waals surface area contributed by atoms with Crippen molar-refractivity contribution in [2.45, 2.75) is 46.5 Å². The Morgan fingerprint density at radius 2 is 1.93 bits per heavy atom. The molecule has 1 atom stereocenters. The van der Waals surface area contributed by atoms with Crippen LogP contribution in [0.4, 0.5) is 0 Å². The highest BCUT2D eigenvalue weighted by Crippen LogP contribution is 2.35. The normalized spacial score (nSPS) is 14.0. The number of rotatable bonds is 8. The number of benzene rings is 1. The topological polar surface area (TPSA) is 72.9 Å². The van der Waals surface area contributed by atoms with Gasteiger partial charge in [-0.15, -0.1) is 0 Å². The van der Waals surface area contributed by atoms with Gasteiger partial charge in [0, 0.05) is 18.8 Å². The van der Waals surface area contributed by atoms with Crippen molar-refractivity contribution in [3.05, 3.63) is 64.9 Å². The molecule has 0 bridgehead atoms. The predicted octanol–water partition coefficient (Wildman–Crippen LogP) is 3.19. The number of fused-ring (bicyclic) bond motifs is 1. The minimum absolute atomic E-state index is 0.260. The van der Waals surface area contributed by atoms with Crippen LogP contribution in [0, 0.1) is 20.8 Å². The molecule has 7 heteroatoms. The fourth-order valence-electron chi connectivity index (χ4n) is 3.72. The lowest BCUT2D eigenvalue weighted by atomic mass is 10.1. The Morgan fingerprint density at radius 3 is 2.62 bits per heavy atom. The molecular weight excluding hydrogens is 370 g/mol. The number of hydrogen-bond donors (Lipinski definition) is 1. The van der Waals surface area contributed by atoms with Gasteiger partial charge >= 0.3 is 0 Å². The lowest BCUT2D eigenvalue weighted by Gasteiger charge is -2.25. The standard InChI is InChI=1S/C22H27N3O4/c1-15-7-21-22(29-14-28-21)9-18(15)10-24(13-20-5-4-6-27-20)11-19(26)12-25-17(3)8-16(2)23-25/h4-9,19,26H,10-14H2,1-3H3/t19-/m1/s1. The van der Waals surface area contributed by atoms with Crippen LogP contribution >= 0.6 is 0 Å². The summed E-state index contributed by atoms with van der Waals surface area (Å²) in [5.41, 5.74) is 4.27. The first kappa shape index (κ1) is 19.5. The van der Waals surface area contributed by atoms with Crippen molar-refractivity contribution in [2.24, 2.45) is 0 Å². The van der Waals surface area contributed by atoms with Crippen LogP contribution in [0.2, 0.25) is 0 Å². The molecule has 1 aliphatic heterocycles.